The Morgan fingerprint density at radius 3 is 2.83 bits per heavy atom. The number of benzene rings is 1. The van der Waals surface area contributed by atoms with E-state index in [0.29, 0.717) is 0 Å². The number of β-lactam (4-membered cyclic amide) rings is 1. The summed E-state index contributed by atoms with van der Waals surface area (Å²) in [6, 6.07) is 9.03. The molecule has 0 aliphatic carbocycles. The fourth-order valence-electron chi connectivity index (χ4n) is 2.39. The lowest BCUT2D eigenvalue weighted by atomic mass is 9.80. The van der Waals surface area contributed by atoms with E-state index in [-0.39, 0.29) is 12.5 Å². The van der Waals surface area contributed by atoms with E-state index in [1.807, 2.05) is 18.2 Å². The van der Waals surface area contributed by atoms with Gasteiger partial charge < -0.3 is 9.84 Å². The van der Waals surface area contributed by atoms with Crippen LogP contribution in [0.4, 0.5) is 0 Å². The number of nitrogens with zero attached hydrogens (tertiary/aromatic N) is 2. The first-order valence-electron chi connectivity index (χ1n) is 5.44. The number of hydrogen-bond acceptors (Lipinski definition) is 4. The van der Waals surface area contributed by atoms with Crippen LogP contribution in [0.15, 0.2) is 35.3 Å². The van der Waals surface area contributed by atoms with Gasteiger partial charge >= 0.3 is 5.97 Å². The van der Waals surface area contributed by atoms with Gasteiger partial charge in [-0.1, -0.05) is 30.3 Å². The molecule has 1 aromatic carbocycles. The summed E-state index contributed by atoms with van der Waals surface area (Å²) in [5.74, 6) is -1.41. The van der Waals surface area contributed by atoms with E-state index in [0.717, 1.165) is 5.56 Å². The highest BCUT2D eigenvalue weighted by molar-refractivity contribution is 5.99. The molecule has 92 valence electrons. The number of aliphatic imine (C=N–C) groups is 1. The van der Waals surface area contributed by atoms with Crippen LogP contribution in [0.5, 0.6) is 0 Å². The zero-order chi connectivity index (χ0) is 12.8. The fourth-order valence-corrected chi connectivity index (χ4v) is 2.39. The topological polar surface area (TPSA) is 79.2 Å². The minimum Gasteiger partial charge on any atom is -0.480 e. The first kappa shape index (κ1) is 10.8. The van der Waals surface area contributed by atoms with Crippen LogP contribution in [0.3, 0.4) is 0 Å². The molecule has 2 aliphatic heterocycles. The SMILES string of the molecule is O=C(O)CN1C(=O)C2(c3ccccc3)N=COC12. The number of likely N-dealkylation sites (tertiary alicyclic amines) is 1. The molecule has 0 bridgehead atoms. The van der Waals surface area contributed by atoms with Gasteiger partial charge in [0.15, 0.2) is 6.40 Å². The Hall–Kier alpha value is -2.37. The molecule has 2 aliphatic rings. The van der Waals surface area contributed by atoms with E-state index in [1.165, 1.54) is 11.3 Å². The Morgan fingerprint density at radius 1 is 1.44 bits per heavy atom. The predicted octanol–water partition coefficient (Wildman–Crippen LogP) is 0.193. The number of hydrogen-bond donors (Lipinski definition) is 1. The van der Waals surface area contributed by atoms with Gasteiger partial charge in [-0.3, -0.25) is 14.5 Å². The maximum Gasteiger partial charge on any atom is 0.323 e. The molecule has 0 radical (unpaired) electrons. The molecule has 1 saturated heterocycles. The van der Waals surface area contributed by atoms with Crippen LogP contribution in [0, 0.1) is 0 Å². The Balaban J connectivity index is 1.96. The standard InChI is InChI=1S/C12H10N2O4/c15-9(16)6-14-10(17)12(11(14)18-7-13-12)8-4-2-1-3-5-8/h1-5,7,11H,6H2,(H,15,16). The summed E-state index contributed by atoms with van der Waals surface area (Å²) < 4.78 is 5.24. The number of fused-ring (bicyclic) bond motifs is 1. The second kappa shape index (κ2) is 3.56. The van der Waals surface area contributed by atoms with E-state index in [1.54, 1.807) is 12.1 Å². The molecular weight excluding hydrogens is 236 g/mol. The molecule has 6 heteroatoms. The zero-order valence-corrected chi connectivity index (χ0v) is 9.31. The summed E-state index contributed by atoms with van der Waals surface area (Å²) in [5.41, 5.74) is -0.369. The third kappa shape index (κ3) is 1.20. The molecule has 0 spiro atoms. The molecule has 1 fully saturated rings. The Labute approximate surface area is 102 Å². The lowest BCUT2D eigenvalue weighted by Gasteiger charge is -2.48. The lowest BCUT2D eigenvalue weighted by Crippen LogP contribution is -2.70. The quantitative estimate of drug-likeness (QED) is 0.772. The van der Waals surface area contributed by atoms with Crippen molar-refractivity contribution in [2.24, 2.45) is 4.99 Å². The van der Waals surface area contributed by atoms with Crippen LogP contribution < -0.4 is 0 Å². The minimum atomic E-state index is -1.09. The average Bonchev–Trinajstić information content (AvgIpc) is 2.77. The van der Waals surface area contributed by atoms with Crippen molar-refractivity contribution in [2.45, 2.75) is 11.8 Å². The number of amides is 1. The number of carbonyl (C=O) groups excluding carboxylic acids is 1. The van der Waals surface area contributed by atoms with Gasteiger partial charge in [-0.25, -0.2) is 4.99 Å². The van der Waals surface area contributed by atoms with Gasteiger partial charge in [-0.2, -0.15) is 0 Å². The summed E-state index contributed by atoms with van der Waals surface area (Å²) in [6.07, 6.45) is 0.570. The molecule has 1 aromatic rings. The first-order valence-corrected chi connectivity index (χ1v) is 5.44. The molecule has 6 nitrogen and oxygen atoms in total. The smallest absolute Gasteiger partial charge is 0.323 e. The van der Waals surface area contributed by atoms with Crippen LogP contribution in [-0.2, 0) is 19.9 Å². The van der Waals surface area contributed by atoms with Gasteiger partial charge in [0.05, 0.1) is 0 Å². The molecule has 1 amide bonds. The third-order valence-corrected chi connectivity index (χ3v) is 3.19. The molecule has 2 unspecified atom stereocenters. The normalized spacial score (nSPS) is 28.6. The first-order chi connectivity index (χ1) is 8.66. The Morgan fingerprint density at radius 2 is 2.17 bits per heavy atom. The van der Waals surface area contributed by atoms with Gasteiger partial charge in [-0.15, -0.1) is 0 Å². The second-order valence-electron chi connectivity index (χ2n) is 4.18. The molecule has 18 heavy (non-hydrogen) atoms. The maximum atomic E-state index is 12.2. The van der Waals surface area contributed by atoms with Gasteiger partial charge in [0.1, 0.15) is 6.54 Å². The van der Waals surface area contributed by atoms with Gasteiger partial charge in [0.25, 0.3) is 5.91 Å². The highest BCUT2D eigenvalue weighted by Gasteiger charge is 2.66. The molecule has 2 heterocycles. The molecule has 1 N–H and O–H groups in total. The van der Waals surface area contributed by atoms with Crippen molar-refractivity contribution < 1.29 is 19.4 Å². The van der Waals surface area contributed by atoms with E-state index in [4.69, 9.17) is 9.84 Å². The van der Waals surface area contributed by atoms with E-state index in [9.17, 15) is 9.59 Å². The largest absolute Gasteiger partial charge is 0.480 e. The van der Waals surface area contributed by atoms with Gasteiger partial charge in [-0.05, 0) is 5.56 Å². The number of aliphatic carboxylic acids is 1. The third-order valence-electron chi connectivity index (χ3n) is 3.19. The predicted molar refractivity (Wildman–Crippen MR) is 60.8 cm³/mol. The lowest BCUT2D eigenvalue weighted by molar-refractivity contribution is -0.182. The number of carboxylic acids is 1. The van der Waals surface area contributed by atoms with E-state index in [2.05, 4.69) is 4.99 Å². The number of carbonyl (C=O) groups is 2. The summed E-state index contributed by atoms with van der Waals surface area (Å²) >= 11 is 0. The van der Waals surface area contributed by atoms with Crippen molar-refractivity contribution in [3.63, 3.8) is 0 Å². The summed E-state index contributed by atoms with van der Waals surface area (Å²) in [5, 5.41) is 8.75. The monoisotopic (exact) mass is 246 g/mol. The number of ether oxygens (including phenoxy) is 1. The molecule has 0 saturated carbocycles. The van der Waals surface area contributed by atoms with Crippen LogP contribution in [-0.4, -0.2) is 41.1 Å². The highest BCUT2D eigenvalue weighted by Crippen LogP contribution is 2.46. The van der Waals surface area contributed by atoms with Crippen LogP contribution in [0.1, 0.15) is 5.56 Å². The van der Waals surface area contributed by atoms with Gasteiger partial charge in [0, 0.05) is 0 Å². The molecule has 0 aromatic heterocycles. The van der Waals surface area contributed by atoms with Crippen molar-refractivity contribution >= 4 is 18.3 Å². The van der Waals surface area contributed by atoms with E-state index < -0.39 is 17.7 Å². The van der Waals surface area contributed by atoms with Crippen LogP contribution in [0.2, 0.25) is 0 Å². The Bertz CT molecular complexity index is 542. The second-order valence-corrected chi connectivity index (χ2v) is 4.18. The van der Waals surface area contributed by atoms with Crippen LogP contribution in [0.25, 0.3) is 0 Å². The Kier molecular flexibility index (Phi) is 2.13. The van der Waals surface area contributed by atoms with Crippen molar-refractivity contribution in [1.29, 1.82) is 0 Å². The van der Waals surface area contributed by atoms with Crippen molar-refractivity contribution in [1.82, 2.24) is 4.90 Å². The number of carboxylic acid groups (broad SMARTS) is 1. The average molecular weight is 246 g/mol. The molecule has 2 atom stereocenters. The maximum absolute atomic E-state index is 12.2. The van der Waals surface area contributed by atoms with Crippen molar-refractivity contribution in [2.75, 3.05) is 6.54 Å². The van der Waals surface area contributed by atoms with E-state index >= 15 is 0 Å². The molecular formula is C12H10N2O4. The fraction of sp³-hybridized carbons (Fsp3) is 0.250. The van der Waals surface area contributed by atoms with Crippen molar-refractivity contribution in [3.05, 3.63) is 35.9 Å². The van der Waals surface area contributed by atoms with Gasteiger partial charge in [0.2, 0.25) is 11.8 Å². The summed E-state index contributed by atoms with van der Waals surface area (Å²) in [6.45, 7) is -0.374. The highest BCUT2D eigenvalue weighted by atomic mass is 16.5. The summed E-state index contributed by atoms with van der Waals surface area (Å²) in [4.78, 5) is 28.1. The zero-order valence-electron chi connectivity index (χ0n) is 9.31. The summed E-state index contributed by atoms with van der Waals surface area (Å²) in [7, 11) is 0. The van der Waals surface area contributed by atoms with Crippen LogP contribution >= 0.6 is 0 Å². The van der Waals surface area contributed by atoms with Crippen molar-refractivity contribution in [3.8, 4) is 0 Å². The number of rotatable bonds is 3. The molecule has 3 rings (SSSR count). The minimum absolute atomic E-state index is 0.338.